The minimum absolute atomic E-state index is 0.0662. The maximum absolute atomic E-state index is 13.1. The number of hydrogen-bond acceptors (Lipinski definition) is 4. The van der Waals surface area contributed by atoms with E-state index in [9.17, 15) is 4.79 Å². The van der Waals surface area contributed by atoms with Crippen molar-refractivity contribution in [1.29, 1.82) is 0 Å². The van der Waals surface area contributed by atoms with Gasteiger partial charge in [0.1, 0.15) is 11.6 Å². The number of rotatable bonds is 5. The SMILES string of the molecule is COc1ccc(-c2nc([C@@H]3CCCN(C(=O)Nc4ccc(N(C)C)cc4)C3)n3ccccc23)cc1. The van der Waals surface area contributed by atoms with E-state index in [4.69, 9.17) is 9.72 Å². The lowest BCUT2D eigenvalue weighted by Crippen LogP contribution is -2.42. The first-order valence-corrected chi connectivity index (χ1v) is 12.0. The van der Waals surface area contributed by atoms with Gasteiger partial charge in [-0.1, -0.05) is 6.07 Å². The van der Waals surface area contributed by atoms with Crippen molar-refractivity contribution in [2.24, 2.45) is 0 Å². The number of pyridine rings is 1. The smallest absolute Gasteiger partial charge is 0.321 e. The molecule has 0 saturated carbocycles. The summed E-state index contributed by atoms with van der Waals surface area (Å²) >= 11 is 0. The first kappa shape index (κ1) is 22.8. The number of nitrogens with one attached hydrogen (secondary N) is 1. The summed E-state index contributed by atoms with van der Waals surface area (Å²) < 4.78 is 7.49. The van der Waals surface area contributed by atoms with Crippen LogP contribution in [0.1, 0.15) is 24.6 Å². The van der Waals surface area contributed by atoms with Crippen molar-refractivity contribution in [2.75, 3.05) is 44.5 Å². The topological polar surface area (TPSA) is 62.1 Å². The van der Waals surface area contributed by atoms with Crippen LogP contribution in [0.3, 0.4) is 0 Å². The molecule has 0 aliphatic carbocycles. The number of fused-ring (bicyclic) bond motifs is 1. The Kier molecular flexibility index (Phi) is 6.31. The number of carbonyl (C=O) groups excluding carboxylic acids is 1. The van der Waals surface area contributed by atoms with Crippen LogP contribution in [0.25, 0.3) is 16.8 Å². The molecular formula is C28H31N5O2. The van der Waals surface area contributed by atoms with E-state index in [1.165, 1.54) is 0 Å². The van der Waals surface area contributed by atoms with E-state index in [-0.39, 0.29) is 11.9 Å². The van der Waals surface area contributed by atoms with Crippen molar-refractivity contribution >= 4 is 22.9 Å². The summed E-state index contributed by atoms with van der Waals surface area (Å²) in [5.41, 5.74) is 4.96. The normalized spacial score (nSPS) is 15.7. The number of nitrogens with zero attached hydrogens (tertiary/aromatic N) is 4. The van der Waals surface area contributed by atoms with E-state index < -0.39 is 0 Å². The zero-order chi connectivity index (χ0) is 24.4. The fraction of sp³-hybridized carbons (Fsp3) is 0.286. The van der Waals surface area contributed by atoms with Crippen LogP contribution in [-0.2, 0) is 0 Å². The number of piperidine rings is 1. The number of anilines is 2. The summed E-state index contributed by atoms with van der Waals surface area (Å²) in [6, 6.07) is 22.0. The summed E-state index contributed by atoms with van der Waals surface area (Å²) in [7, 11) is 5.67. The van der Waals surface area contributed by atoms with Gasteiger partial charge in [-0.2, -0.15) is 0 Å². The van der Waals surface area contributed by atoms with Gasteiger partial charge in [-0.05, 0) is 73.5 Å². The molecule has 4 aromatic rings. The molecule has 180 valence electrons. The number of methoxy groups -OCH3 is 1. The molecule has 35 heavy (non-hydrogen) atoms. The van der Waals surface area contributed by atoms with Crippen LogP contribution < -0.4 is 15.0 Å². The maximum atomic E-state index is 13.1. The standard InChI is InChI=1S/C28H31N5O2/c1-31(2)23-13-11-22(12-14-23)29-28(34)32-17-6-7-21(19-32)27-30-26(25-8-4-5-18-33(25)27)20-9-15-24(35-3)16-10-20/h4-5,8-16,18,21H,6-7,17,19H2,1-3H3,(H,29,34)/t21-/m1/s1. The van der Waals surface area contributed by atoms with Crippen LogP contribution in [0, 0.1) is 0 Å². The second kappa shape index (κ2) is 9.70. The summed E-state index contributed by atoms with van der Waals surface area (Å²) in [4.78, 5) is 22.1. The monoisotopic (exact) mass is 469 g/mol. The van der Waals surface area contributed by atoms with Gasteiger partial charge in [0.2, 0.25) is 0 Å². The van der Waals surface area contributed by atoms with Crippen LogP contribution in [0.2, 0.25) is 0 Å². The number of carbonyl (C=O) groups is 1. The van der Waals surface area contributed by atoms with Gasteiger partial charge >= 0.3 is 6.03 Å². The first-order chi connectivity index (χ1) is 17.0. The van der Waals surface area contributed by atoms with E-state index in [0.29, 0.717) is 6.54 Å². The second-order valence-electron chi connectivity index (χ2n) is 9.16. The minimum Gasteiger partial charge on any atom is -0.497 e. The van der Waals surface area contributed by atoms with Gasteiger partial charge in [0.15, 0.2) is 0 Å². The highest BCUT2D eigenvalue weighted by Crippen LogP contribution is 2.33. The van der Waals surface area contributed by atoms with Crippen molar-refractivity contribution in [3.8, 4) is 17.0 Å². The van der Waals surface area contributed by atoms with Crippen molar-refractivity contribution in [2.45, 2.75) is 18.8 Å². The average Bonchev–Trinajstić information content (AvgIpc) is 3.29. The van der Waals surface area contributed by atoms with E-state index in [1.54, 1.807) is 7.11 Å². The van der Waals surface area contributed by atoms with Crippen molar-refractivity contribution in [1.82, 2.24) is 14.3 Å². The molecule has 7 nitrogen and oxygen atoms in total. The number of urea groups is 1. The van der Waals surface area contributed by atoms with Gasteiger partial charge in [-0.15, -0.1) is 0 Å². The lowest BCUT2D eigenvalue weighted by atomic mass is 9.97. The Bertz CT molecular complexity index is 1310. The molecule has 1 N–H and O–H groups in total. The quantitative estimate of drug-likeness (QED) is 0.420. The Morgan fingerprint density at radius 2 is 1.83 bits per heavy atom. The van der Waals surface area contributed by atoms with Gasteiger partial charge < -0.3 is 24.3 Å². The predicted octanol–water partition coefficient (Wildman–Crippen LogP) is 5.49. The molecule has 2 aromatic carbocycles. The fourth-order valence-corrected chi connectivity index (χ4v) is 4.73. The average molecular weight is 470 g/mol. The Balaban J connectivity index is 1.37. The lowest BCUT2D eigenvalue weighted by molar-refractivity contribution is 0.191. The summed E-state index contributed by atoms with van der Waals surface area (Å²) in [6.07, 6.45) is 4.00. The van der Waals surface area contributed by atoms with E-state index in [2.05, 4.69) is 22.0 Å². The second-order valence-corrected chi connectivity index (χ2v) is 9.16. The number of imidazole rings is 1. The van der Waals surface area contributed by atoms with E-state index in [0.717, 1.165) is 59.1 Å². The Labute approximate surface area is 206 Å². The molecule has 3 heterocycles. The number of likely N-dealkylation sites (tertiary alicyclic amines) is 1. The Morgan fingerprint density at radius 3 is 2.54 bits per heavy atom. The van der Waals surface area contributed by atoms with Crippen LogP contribution in [0.5, 0.6) is 5.75 Å². The molecule has 0 radical (unpaired) electrons. The highest BCUT2D eigenvalue weighted by atomic mass is 16.5. The lowest BCUT2D eigenvalue weighted by Gasteiger charge is -2.32. The molecule has 2 amide bonds. The van der Waals surface area contributed by atoms with Crippen molar-refractivity contribution in [3.63, 3.8) is 0 Å². The third-order valence-corrected chi connectivity index (χ3v) is 6.65. The molecule has 0 unspecified atom stereocenters. The van der Waals surface area contributed by atoms with Gasteiger partial charge in [-0.25, -0.2) is 9.78 Å². The van der Waals surface area contributed by atoms with Gasteiger partial charge in [-0.3, -0.25) is 0 Å². The molecule has 1 aliphatic heterocycles. The number of aromatic nitrogens is 2. The minimum atomic E-state index is -0.0662. The zero-order valence-corrected chi connectivity index (χ0v) is 20.4. The van der Waals surface area contributed by atoms with Crippen molar-refractivity contribution in [3.05, 3.63) is 78.8 Å². The number of benzene rings is 2. The van der Waals surface area contributed by atoms with Gasteiger partial charge in [0, 0.05) is 56.2 Å². The third-order valence-electron chi connectivity index (χ3n) is 6.65. The molecule has 1 saturated heterocycles. The van der Waals surface area contributed by atoms with E-state index >= 15 is 0 Å². The Hall–Kier alpha value is -4.00. The van der Waals surface area contributed by atoms with Crippen LogP contribution in [0.4, 0.5) is 16.2 Å². The largest absolute Gasteiger partial charge is 0.497 e. The molecule has 2 aromatic heterocycles. The molecular weight excluding hydrogens is 438 g/mol. The highest BCUT2D eigenvalue weighted by molar-refractivity contribution is 5.89. The third kappa shape index (κ3) is 4.67. The molecule has 1 atom stereocenters. The highest BCUT2D eigenvalue weighted by Gasteiger charge is 2.28. The number of hydrogen-bond donors (Lipinski definition) is 1. The first-order valence-electron chi connectivity index (χ1n) is 12.0. The summed E-state index contributed by atoms with van der Waals surface area (Å²) in [5.74, 6) is 1.98. The number of amides is 2. The fourth-order valence-electron chi connectivity index (χ4n) is 4.73. The van der Waals surface area contributed by atoms with E-state index in [1.807, 2.05) is 84.6 Å². The molecule has 5 rings (SSSR count). The molecule has 1 aliphatic rings. The molecule has 0 bridgehead atoms. The van der Waals surface area contributed by atoms with Crippen LogP contribution in [0.15, 0.2) is 72.9 Å². The maximum Gasteiger partial charge on any atom is 0.321 e. The predicted molar refractivity (Wildman–Crippen MR) is 141 cm³/mol. The molecule has 0 spiro atoms. The number of ether oxygens (including phenoxy) is 1. The van der Waals surface area contributed by atoms with Gasteiger partial charge in [0.25, 0.3) is 0 Å². The zero-order valence-electron chi connectivity index (χ0n) is 20.4. The summed E-state index contributed by atoms with van der Waals surface area (Å²) in [5, 5.41) is 3.06. The van der Waals surface area contributed by atoms with Crippen LogP contribution in [-0.4, -0.2) is 54.6 Å². The van der Waals surface area contributed by atoms with Crippen LogP contribution >= 0.6 is 0 Å². The van der Waals surface area contributed by atoms with Crippen molar-refractivity contribution < 1.29 is 9.53 Å². The molecule has 7 heteroatoms. The molecule has 1 fully saturated rings. The summed E-state index contributed by atoms with van der Waals surface area (Å²) in [6.45, 7) is 1.38. The Morgan fingerprint density at radius 1 is 1.06 bits per heavy atom. The van der Waals surface area contributed by atoms with Gasteiger partial charge in [0.05, 0.1) is 18.3 Å².